The predicted octanol–water partition coefficient (Wildman–Crippen LogP) is 3.18. The number of hydrogen-bond acceptors (Lipinski definition) is 7. The van der Waals surface area contributed by atoms with E-state index in [-0.39, 0.29) is 5.76 Å². The van der Waals surface area contributed by atoms with E-state index in [2.05, 4.69) is 5.32 Å². The van der Waals surface area contributed by atoms with Crippen LogP contribution in [0.2, 0.25) is 0 Å². The minimum Gasteiger partial charge on any atom is -0.465 e. The van der Waals surface area contributed by atoms with E-state index in [1.165, 1.54) is 42.7 Å². The van der Waals surface area contributed by atoms with Crippen molar-refractivity contribution in [3.05, 3.63) is 50.1 Å². The fourth-order valence-corrected chi connectivity index (χ4v) is 3.93. The van der Waals surface area contributed by atoms with E-state index >= 15 is 0 Å². The monoisotopic (exact) mass is 362 g/mol. The molecular weight excluding hydrogens is 348 g/mol. The Morgan fingerprint density at radius 3 is 2.88 bits per heavy atom. The zero-order valence-corrected chi connectivity index (χ0v) is 14.1. The van der Waals surface area contributed by atoms with E-state index in [9.17, 15) is 19.7 Å². The van der Waals surface area contributed by atoms with Crippen molar-refractivity contribution >= 4 is 40.2 Å². The van der Waals surface area contributed by atoms with Crippen molar-refractivity contribution in [3.8, 4) is 0 Å². The Balaban J connectivity index is 1.75. The molecule has 0 spiro atoms. The number of hydrogen-bond donors (Lipinski definition) is 1. The molecule has 1 aliphatic rings. The number of nitro groups is 1. The first-order valence-corrected chi connectivity index (χ1v) is 8.27. The molecule has 0 saturated heterocycles. The molecule has 0 fully saturated rings. The Labute approximate surface area is 146 Å². The zero-order chi connectivity index (χ0) is 18.0. The minimum absolute atomic E-state index is 0.184. The lowest BCUT2D eigenvalue weighted by Gasteiger charge is -2.04. The number of nitrogens with one attached hydrogen (secondary N) is 1. The fourth-order valence-electron chi connectivity index (χ4n) is 2.65. The lowest BCUT2D eigenvalue weighted by atomic mass is 10.1. The van der Waals surface area contributed by atoms with Gasteiger partial charge in [0, 0.05) is 11.0 Å². The molecule has 3 rings (SSSR count). The SMILES string of the molecule is COC(=O)c1c(NC(=O)C=Cc2ccc([N+](=O)[O-])o2)sc2c1CCC2. The maximum absolute atomic E-state index is 12.1. The second-order valence-corrected chi connectivity index (χ2v) is 6.41. The van der Waals surface area contributed by atoms with E-state index in [0.29, 0.717) is 10.6 Å². The van der Waals surface area contributed by atoms with Crippen LogP contribution < -0.4 is 5.32 Å². The van der Waals surface area contributed by atoms with Gasteiger partial charge in [-0.05, 0) is 37.0 Å². The number of methoxy groups -OCH3 is 1. The third-order valence-corrected chi connectivity index (χ3v) is 4.95. The average Bonchev–Trinajstić information content (AvgIpc) is 3.27. The topological polar surface area (TPSA) is 112 Å². The first-order chi connectivity index (χ1) is 12.0. The first-order valence-electron chi connectivity index (χ1n) is 7.45. The summed E-state index contributed by atoms with van der Waals surface area (Å²) in [4.78, 5) is 35.1. The predicted molar refractivity (Wildman–Crippen MR) is 90.7 cm³/mol. The number of aryl methyl sites for hydroxylation is 1. The summed E-state index contributed by atoms with van der Waals surface area (Å²) in [5.74, 6) is -1.16. The number of ether oxygens (including phenoxy) is 1. The molecule has 2 heterocycles. The van der Waals surface area contributed by atoms with Crippen molar-refractivity contribution in [1.82, 2.24) is 0 Å². The second kappa shape index (κ2) is 6.89. The van der Waals surface area contributed by atoms with Crippen LogP contribution in [0.3, 0.4) is 0 Å². The molecule has 0 unspecified atom stereocenters. The van der Waals surface area contributed by atoms with Crippen molar-refractivity contribution in [2.24, 2.45) is 0 Å². The number of carbonyl (C=O) groups excluding carboxylic acids is 2. The van der Waals surface area contributed by atoms with Crippen molar-refractivity contribution in [2.45, 2.75) is 19.3 Å². The number of fused-ring (bicyclic) bond motifs is 1. The van der Waals surface area contributed by atoms with Crippen LogP contribution >= 0.6 is 11.3 Å². The largest absolute Gasteiger partial charge is 0.465 e. The Bertz CT molecular complexity index is 879. The van der Waals surface area contributed by atoms with E-state index in [1.54, 1.807) is 0 Å². The lowest BCUT2D eigenvalue weighted by Crippen LogP contribution is -2.12. The van der Waals surface area contributed by atoms with E-state index in [1.807, 2.05) is 0 Å². The molecule has 2 aromatic rings. The smallest absolute Gasteiger partial charge is 0.433 e. The zero-order valence-electron chi connectivity index (χ0n) is 13.2. The molecule has 1 N–H and O–H groups in total. The van der Waals surface area contributed by atoms with Crippen molar-refractivity contribution in [1.29, 1.82) is 0 Å². The molecule has 0 aliphatic heterocycles. The van der Waals surface area contributed by atoms with E-state index in [0.717, 1.165) is 29.7 Å². The highest BCUT2D eigenvalue weighted by atomic mass is 32.1. The summed E-state index contributed by atoms with van der Waals surface area (Å²) in [7, 11) is 1.30. The minimum atomic E-state index is -0.659. The standard InChI is InChI=1S/C16H14N2O6S/c1-23-16(20)14-10-3-2-4-11(10)25-15(14)17-12(19)7-5-9-6-8-13(24-9)18(21)22/h5-8H,2-4H2,1H3,(H,17,19). The molecule has 8 nitrogen and oxygen atoms in total. The van der Waals surface area contributed by atoms with Crippen molar-refractivity contribution in [3.63, 3.8) is 0 Å². The Kier molecular flexibility index (Phi) is 4.66. The fraction of sp³-hybridized carbons (Fsp3) is 0.250. The number of esters is 1. The van der Waals surface area contributed by atoms with Crippen LogP contribution in [0.15, 0.2) is 22.6 Å². The highest BCUT2D eigenvalue weighted by molar-refractivity contribution is 7.17. The van der Waals surface area contributed by atoms with Crippen LogP contribution in [0.5, 0.6) is 0 Å². The molecule has 0 radical (unpaired) electrons. The average molecular weight is 362 g/mol. The van der Waals surface area contributed by atoms with Gasteiger partial charge in [0.2, 0.25) is 5.91 Å². The van der Waals surface area contributed by atoms with Gasteiger partial charge in [-0.3, -0.25) is 14.9 Å². The van der Waals surface area contributed by atoms with Gasteiger partial charge in [-0.25, -0.2) is 4.79 Å². The van der Waals surface area contributed by atoms with Gasteiger partial charge in [0.25, 0.3) is 0 Å². The highest BCUT2D eigenvalue weighted by Crippen LogP contribution is 2.39. The summed E-state index contributed by atoms with van der Waals surface area (Å²) in [5.41, 5.74) is 1.35. The van der Waals surface area contributed by atoms with E-state index in [4.69, 9.17) is 9.15 Å². The van der Waals surface area contributed by atoms with Crippen LogP contribution in [0.25, 0.3) is 6.08 Å². The van der Waals surface area contributed by atoms with Gasteiger partial charge in [0.1, 0.15) is 15.7 Å². The molecule has 130 valence electrons. The molecule has 0 aromatic carbocycles. The molecule has 1 amide bonds. The Morgan fingerprint density at radius 1 is 1.40 bits per heavy atom. The third-order valence-electron chi connectivity index (χ3n) is 3.74. The van der Waals surface area contributed by atoms with Crippen LogP contribution in [0, 0.1) is 10.1 Å². The number of furan rings is 1. The van der Waals surface area contributed by atoms with Gasteiger partial charge >= 0.3 is 11.9 Å². The van der Waals surface area contributed by atoms with Gasteiger partial charge in [0.15, 0.2) is 0 Å². The van der Waals surface area contributed by atoms with E-state index < -0.39 is 22.7 Å². The highest BCUT2D eigenvalue weighted by Gasteiger charge is 2.27. The van der Waals surface area contributed by atoms with Gasteiger partial charge in [0.05, 0.1) is 18.7 Å². The molecule has 1 aliphatic carbocycles. The van der Waals surface area contributed by atoms with Gasteiger partial charge in [-0.15, -0.1) is 11.3 Å². The summed E-state index contributed by atoms with van der Waals surface area (Å²) < 4.78 is 9.75. The van der Waals surface area contributed by atoms with Crippen LogP contribution in [-0.4, -0.2) is 23.9 Å². The van der Waals surface area contributed by atoms with Gasteiger partial charge in [-0.1, -0.05) is 0 Å². The van der Waals surface area contributed by atoms with Crippen LogP contribution in [-0.2, 0) is 22.4 Å². The summed E-state index contributed by atoms with van der Waals surface area (Å²) in [6.45, 7) is 0. The number of thiophene rings is 1. The summed E-state index contributed by atoms with van der Waals surface area (Å²) >= 11 is 1.37. The Morgan fingerprint density at radius 2 is 2.20 bits per heavy atom. The third kappa shape index (κ3) is 3.45. The van der Waals surface area contributed by atoms with Gasteiger partial charge in [-0.2, -0.15) is 0 Å². The van der Waals surface area contributed by atoms with Crippen molar-refractivity contribution in [2.75, 3.05) is 12.4 Å². The maximum atomic E-state index is 12.1. The number of carbonyl (C=O) groups is 2. The normalized spacial score (nSPS) is 13.0. The first kappa shape index (κ1) is 16.9. The summed E-state index contributed by atoms with van der Waals surface area (Å²) in [6.07, 6.45) is 5.16. The number of nitrogens with zero attached hydrogens (tertiary/aromatic N) is 1. The second-order valence-electron chi connectivity index (χ2n) is 5.31. The molecule has 2 aromatic heterocycles. The number of rotatable bonds is 5. The summed E-state index contributed by atoms with van der Waals surface area (Å²) in [5, 5.41) is 13.7. The number of anilines is 1. The Hall–Kier alpha value is -2.94. The van der Waals surface area contributed by atoms with Gasteiger partial charge < -0.3 is 14.5 Å². The molecule has 0 saturated carbocycles. The van der Waals surface area contributed by atoms with Crippen molar-refractivity contribution < 1.29 is 23.7 Å². The lowest BCUT2D eigenvalue weighted by molar-refractivity contribution is -0.402. The molecule has 25 heavy (non-hydrogen) atoms. The molecular formula is C16H14N2O6S. The molecule has 9 heteroatoms. The maximum Gasteiger partial charge on any atom is 0.433 e. The quantitative estimate of drug-likeness (QED) is 0.378. The summed E-state index contributed by atoms with van der Waals surface area (Å²) in [6, 6.07) is 2.60. The molecule has 0 atom stereocenters. The number of amides is 1. The van der Waals surface area contributed by atoms with Crippen LogP contribution in [0.4, 0.5) is 10.9 Å². The molecule has 0 bridgehead atoms. The van der Waals surface area contributed by atoms with Crippen LogP contribution in [0.1, 0.15) is 33.0 Å².